The van der Waals surface area contributed by atoms with Gasteiger partial charge in [-0.25, -0.2) is 4.98 Å². The largest absolute Gasteiger partial charge is 0.497 e. The number of anilines is 1. The summed E-state index contributed by atoms with van der Waals surface area (Å²) in [6.45, 7) is 4.43. The summed E-state index contributed by atoms with van der Waals surface area (Å²) in [5.41, 5.74) is 3.82. The van der Waals surface area contributed by atoms with Crippen molar-refractivity contribution in [1.82, 2.24) is 19.9 Å². The fourth-order valence-corrected chi connectivity index (χ4v) is 5.01. The van der Waals surface area contributed by atoms with Crippen molar-refractivity contribution in [2.24, 2.45) is 5.92 Å². The Morgan fingerprint density at radius 2 is 2.00 bits per heavy atom. The van der Waals surface area contributed by atoms with Gasteiger partial charge >= 0.3 is 0 Å². The first-order valence-electron chi connectivity index (χ1n) is 12.2. The summed E-state index contributed by atoms with van der Waals surface area (Å²) in [6, 6.07) is 13.7. The van der Waals surface area contributed by atoms with Gasteiger partial charge < -0.3 is 24.5 Å². The van der Waals surface area contributed by atoms with Crippen LogP contribution in [0.2, 0.25) is 0 Å². The average molecular weight is 474 g/mol. The molecule has 1 saturated heterocycles. The van der Waals surface area contributed by atoms with Gasteiger partial charge in [0, 0.05) is 49.2 Å². The van der Waals surface area contributed by atoms with E-state index in [0.29, 0.717) is 44.8 Å². The molecule has 0 aliphatic carbocycles. The zero-order valence-corrected chi connectivity index (χ0v) is 20.2. The molecule has 8 heteroatoms. The molecule has 2 N–H and O–H groups in total. The van der Waals surface area contributed by atoms with E-state index in [9.17, 15) is 9.59 Å². The molecule has 4 aromatic rings. The number of nitrogens with one attached hydrogen (secondary N) is 2. The number of rotatable bonds is 7. The van der Waals surface area contributed by atoms with E-state index in [1.165, 1.54) is 0 Å². The number of hydrogen-bond donors (Lipinski definition) is 2. The molecule has 0 saturated carbocycles. The summed E-state index contributed by atoms with van der Waals surface area (Å²) >= 11 is 0. The van der Waals surface area contributed by atoms with Gasteiger partial charge in [-0.15, -0.1) is 0 Å². The Kier molecular flexibility index (Phi) is 6.44. The van der Waals surface area contributed by atoms with Crippen LogP contribution in [-0.2, 0) is 17.8 Å². The van der Waals surface area contributed by atoms with Gasteiger partial charge in [0.15, 0.2) is 5.82 Å². The molecule has 1 aliphatic rings. The van der Waals surface area contributed by atoms with Gasteiger partial charge in [0.2, 0.25) is 5.91 Å². The minimum absolute atomic E-state index is 0.0526. The Labute approximate surface area is 203 Å². The number of H-pyrrole nitrogens is 1. The number of hydrogen-bond acceptors (Lipinski definition) is 5. The predicted octanol–water partition coefficient (Wildman–Crippen LogP) is 3.48. The monoisotopic (exact) mass is 473 g/mol. The highest BCUT2D eigenvalue weighted by Gasteiger charge is 2.27. The molecule has 8 nitrogen and oxygen atoms in total. The van der Waals surface area contributed by atoms with Crippen molar-refractivity contribution in [3.63, 3.8) is 0 Å². The molecule has 182 valence electrons. The molecule has 0 atom stereocenters. The fraction of sp³-hybridized carbons (Fsp3) is 0.370. The average Bonchev–Trinajstić information content (AvgIpc) is 3.30. The molecule has 1 fully saturated rings. The van der Waals surface area contributed by atoms with E-state index in [-0.39, 0.29) is 17.4 Å². The van der Waals surface area contributed by atoms with Crippen LogP contribution in [0.1, 0.15) is 25.3 Å². The Morgan fingerprint density at radius 3 is 2.77 bits per heavy atom. The lowest BCUT2D eigenvalue weighted by molar-refractivity contribution is -0.125. The van der Waals surface area contributed by atoms with Crippen LogP contribution in [0, 0.1) is 5.92 Å². The van der Waals surface area contributed by atoms with Crippen molar-refractivity contribution in [2.45, 2.75) is 32.7 Å². The number of para-hydroxylation sites is 2. The van der Waals surface area contributed by atoms with E-state index in [1.807, 2.05) is 60.5 Å². The third kappa shape index (κ3) is 4.48. The first-order valence-corrected chi connectivity index (χ1v) is 12.2. The highest BCUT2D eigenvalue weighted by Crippen LogP contribution is 2.24. The second-order valence-corrected chi connectivity index (χ2v) is 9.00. The van der Waals surface area contributed by atoms with E-state index in [0.717, 1.165) is 39.7 Å². The number of carbonyl (C=O) groups excluding carboxylic acids is 1. The molecule has 2 aromatic heterocycles. The number of piperidine rings is 1. The van der Waals surface area contributed by atoms with Crippen LogP contribution in [0.4, 0.5) is 5.82 Å². The van der Waals surface area contributed by atoms with Crippen LogP contribution in [0.3, 0.4) is 0 Å². The zero-order chi connectivity index (χ0) is 24.4. The number of fused-ring (bicyclic) bond motifs is 2. The van der Waals surface area contributed by atoms with Crippen molar-refractivity contribution in [3.8, 4) is 5.75 Å². The summed E-state index contributed by atoms with van der Waals surface area (Å²) in [5, 5.41) is 4.23. The second-order valence-electron chi connectivity index (χ2n) is 9.00. The molecule has 0 bridgehead atoms. The third-order valence-corrected chi connectivity index (χ3v) is 6.98. The van der Waals surface area contributed by atoms with Crippen LogP contribution in [-0.4, -0.2) is 47.2 Å². The van der Waals surface area contributed by atoms with E-state index >= 15 is 0 Å². The maximum Gasteiger partial charge on any atom is 0.293 e. The molecule has 35 heavy (non-hydrogen) atoms. The number of aromatic nitrogens is 3. The van der Waals surface area contributed by atoms with Crippen molar-refractivity contribution in [1.29, 1.82) is 0 Å². The number of methoxy groups -OCH3 is 1. The Morgan fingerprint density at radius 1 is 1.20 bits per heavy atom. The number of aryl methyl sites for hydroxylation is 1. The highest BCUT2D eigenvalue weighted by atomic mass is 16.5. The van der Waals surface area contributed by atoms with Crippen LogP contribution in [0.5, 0.6) is 5.75 Å². The van der Waals surface area contributed by atoms with Gasteiger partial charge in [-0.3, -0.25) is 9.59 Å². The van der Waals surface area contributed by atoms with Crippen molar-refractivity contribution < 1.29 is 9.53 Å². The minimum atomic E-state index is -0.0653. The second kappa shape index (κ2) is 9.82. The molecule has 0 radical (unpaired) electrons. The summed E-state index contributed by atoms with van der Waals surface area (Å²) < 4.78 is 7.11. The fourth-order valence-electron chi connectivity index (χ4n) is 5.01. The molecule has 0 unspecified atom stereocenters. The smallest absolute Gasteiger partial charge is 0.293 e. The van der Waals surface area contributed by atoms with Crippen LogP contribution in [0.25, 0.3) is 21.9 Å². The van der Waals surface area contributed by atoms with Gasteiger partial charge in [-0.2, -0.15) is 0 Å². The van der Waals surface area contributed by atoms with Gasteiger partial charge in [0.1, 0.15) is 5.75 Å². The van der Waals surface area contributed by atoms with Crippen molar-refractivity contribution in [3.05, 3.63) is 64.6 Å². The number of nitrogens with zero attached hydrogens (tertiary/aromatic N) is 3. The number of amides is 1. The number of carbonyl (C=O) groups is 1. The number of ether oxygens (including phenoxy) is 1. The summed E-state index contributed by atoms with van der Waals surface area (Å²) in [4.78, 5) is 35.9. The normalized spacial score (nSPS) is 14.5. The van der Waals surface area contributed by atoms with E-state index in [2.05, 4.69) is 15.3 Å². The maximum absolute atomic E-state index is 13.1. The SMILES string of the molecule is CCn1c(=O)c(N2CCC(C(=O)NCCc3c[nH]c4ccc(OC)cc34)CC2)nc2ccccc21. The number of aromatic amines is 1. The van der Waals surface area contributed by atoms with Gasteiger partial charge in [-0.05, 0) is 62.1 Å². The standard InChI is InChI=1S/C27H31N5O3/c1-3-32-24-7-5-4-6-23(24)30-25(27(32)34)31-14-11-18(12-15-31)26(33)28-13-10-19-17-29-22-9-8-20(35-2)16-21(19)22/h4-9,16-18,29H,3,10-15H2,1-2H3,(H,28,33). The molecule has 2 aromatic carbocycles. The summed E-state index contributed by atoms with van der Waals surface area (Å²) in [6.07, 6.45) is 4.15. The predicted molar refractivity (Wildman–Crippen MR) is 138 cm³/mol. The molecule has 0 spiro atoms. The third-order valence-electron chi connectivity index (χ3n) is 6.98. The van der Waals surface area contributed by atoms with E-state index < -0.39 is 0 Å². The Bertz CT molecular complexity index is 1420. The zero-order valence-electron chi connectivity index (χ0n) is 20.2. The molecular formula is C27H31N5O3. The Hall–Kier alpha value is -3.81. The number of benzene rings is 2. The first kappa shape index (κ1) is 23.0. The van der Waals surface area contributed by atoms with Gasteiger partial charge in [0.05, 0.1) is 18.1 Å². The lowest BCUT2D eigenvalue weighted by Gasteiger charge is -2.32. The summed E-state index contributed by atoms with van der Waals surface area (Å²) in [5.74, 6) is 1.34. The Balaban J connectivity index is 1.19. The first-order chi connectivity index (χ1) is 17.1. The van der Waals surface area contributed by atoms with Crippen LogP contribution >= 0.6 is 0 Å². The highest BCUT2D eigenvalue weighted by molar-refractivity contribution is 5.85. The van der Waals surface area contributed by atoms with E-state index in [1.54, 1.807) is 11.7 Å². The van der Waals surface area contributed by atoms with Crippen molar-refractivity contribution in [2.75, 3.05) is 31.6 Å². The lowest BCUT2D eigenvalue weighted by atomic mass is 9.96. The molecule has 3 heterocycles. The lowest BCUT2D eigenvalue weighted by Crippen LogP contribution is -2.43. The molecule has 1 aliphatic heterocycles. The molecule has 5 rings (SSSR count). The van der Waals surface area contributed by atoms with Crippen molar-refractivity contribution >= 4 is 33.7 Å². The minimum Gasteiger partial charge on any atom is -0.497 e. The maximum atomic E-state index is 13.1. The van der Waals surface area contributed by atoms with Crippen LogP contribution < -0.4 is 20.5 Å². The quantitative estimate of drug-likeness (QED) is 0.429. The van der Waals surface area contributed by atoms with Crippen LogP contribution in [0.15, 0.2) is 53.5 Å². The topological polar surface area (TPSA) is 92.2 Å². The van der Waals surface area contributed by atoms with Gasteiger partial charge in [0.25, 0.3) is 5.56 Å². The summed E-state index contributed by atoms with van der Waals surface area (Å²) in [7, 11) is 1.66. The van der Waals surface area contributed by atoms with Gasteiger partial charge in [-0.1, -0.05) is 12.1 Å². The molecular weight excluding hydrogens is 442 g/mol. The molecule has 1 amide bonds. The van der Waals surface area contributed by atoms with E-state index in [4.69, 9.17) is 4.74 Å².